The molecule has 2 fully saturated rings. The van der Waals surface area contributed by atoms with Crippen molar-refractivity contribution in [2.24, 2.45) is 5.41 Å². The molecular weight excluding hydrogens is 296 g/mol. The minimum atomic E-state index is -0.185. The lowest BCUT2D eigenvalue weighted by Crippen LogP contribution is -2.56. The Morgan fingerprint density at radius 1 is 1.52 bits per heavy atom. The fourth-order valence-corrected chi connectivity index (χ4v) is 4.09. The van der Waals surface area contributed by atoms with E-state index in [0.717, 1.165) is 25.7 Å². The lowest BCUT2D eigenvalue weighted by atomic mass is 9.74. The van der Waals surface area contributed by atoms with Gasteiger partial charge in [-0.1, -0.05) is 6.42 Å². The molecule has 126 valence electrons. The van der Waals surface area contributed by atoms with E-state index in [1.54, 1.807) is 19.2 Å². The first-order valence-corrected chi connectivity index (χ1v) is 8.26. The number of carbonyl (C=O) groups excluding carboxylic acids is 2. The summed E-state index contributed by atoms with van der Waals surface area (Å²) < 4.78 is 10.3. The molecule has 3 rings (SSSR count). The van der Waals surface area contributed by atoms with Crippen LogP contribution in [-0.2, 0) is 9.53 Å². The van der Waals surface area contributed by atoms with Crippen LogP contribution in [0.1, 0.15) is 42.7 Å². The van der Waals surface area contributed by atoms with Gasteiger partial charge < -0.3 is 19.4 Å². The maximum atomic E-state index is 12.3. The molecule has 1 saturated carbocycles. The van der Waals surface area contributed by atoms with E-state index in [2.05, 4.69) is 5.32 Å². The number of likely N-dealkylation sites (tertiary alicyclic amines) is 1. The summed E-state index contributed by atoms with van der Waals surface area (Å²) in [6.07, 6.45) is 6.05. The Morgan fingerprint density at radius 3 is 3.13 bits per heavy atom. The summed E-state index contributed by atoms with van der Waals surface area (Å²) in [7, 11) is 1.65. The number of piperidine rings is 1. The molecule has 6 heteroatoms. The number of nitrogens with one attached hydrogen (secondary N) is 1. The molecule has 1 aromatic heterocycles. The molecule has 1 aliphatic heterocycles. The van der Waals surface area contributed by atoms with Crippen LogP contribution in [0, 0.1) is 5.41 Å². The molecule has 2 aliphatic rings. The standard InChI is InChI=1S/C17H24N2O4/c1-22-11-9-19-14-5-2-7-17(14,8-6-15(19)20)12-18-16(21)13-4-3-10-23-13/h3-4,10,14H,2,5-9,11-12H2,1H3,(H,18,21). The summed E-state index contributed by atoms with van der Waals surface area (Å²) in [4.78, 5) is 26.4. The minimum Gasteiger partial charge on any atom is -0.459 e. The van der Waals surface area contributed by atoms with Crippen molar-refractivity contribution >= 4 is 11.8 Å². The Morgan fingerprint density at radius 2 is 2.39 bits per heavy atom. The third-order valence-corrected chi connectivity index (χ3v) is 5.27. The zero-order valence-corrected chi connectivity index (χ0v) is 13.5. The molecule has 0 radical (unpaired) electrons. The van der Waals surface area contributed by atoms with Gasteiger partial charge in [-0.25, -0.2) is 0 Å². The topological polar surface area (TPSA) is 71.8 Å². The normalized spacial score (nSPS) is 27.1. The number of methoxy groups -OCH3 is 1. The van der Waals surface area contributed by atoms with Gasteiger partial charge in [0.1, 0.15) is 0 Å². The molecule has 23 heavy (non-hydrogen) atoms. The van der Waals surface area contributed by atoms with Crippen LogP contribution in [0.15, 0.2) is 22.8 Å². The fraction of sp³-hybridized carbons (Fsp3) is 0.647. The first kappa shape index (κ1) is 16.1. The third-order valence-electron chi connectivity index (χ3n) is 5.27. The summed E-state index contributed by atoms with van der Waals surface area (Å²) in [6.45, 7) is 1.78. The van der Waals surface area contributed by atoms with Crippen LogP contribution in [0.3, 0.4) is 0 Å². The highest BCUT2D eigenvalue weighted by Gasteiger charge is 2.50. The first-order chi connectivity index (χ1) is 11.2. The van der Waals surface area contributed by atoms with Gasteiger partial charge in [-0.05, 0) is 31.4 Å². The van der Waals surface area contributed by atoms with E-state index in [1.165, 1.54) is 6.26 Å². The molecule has 1 aromatic rings. The molecule has 0 spiro atoms. The number of carbonyl (C=O) groups is 2. The molecule has 2 atom stereocenters. The SMILES string of the molecule is COCCN1C(=O)CCC2(CNC(=O)c3ccco3)CCCC12. The number of hydrogen-bond acceptors (Lipinski definition) is 4. The highest BCUT2D eigenvalue weighted by molar-refractivity contribution is 5.91. The molecule has 1 aliphatic carbocycles. The molecule has 2 unspecified atom stereocenters. The molecule has 0 aromatic carbocycles. The maximum Gasteiger partial charge on any atom is 0.286 e. The zero-order chi connectivity index (χ0) is 16.3. The maximum absolute atomic E-state index is 12.3. The number of hydrogen-bond donors (Lipinski definition) is 1. The highest BCUT2D eigenvalue weighted by atomic mass is 16.5. The minimum absolute atomic E-state index is 0.0100. The van der Waals surface area contributed by atoms with E-state index in [0.29, 0.717) is 31.9 Å². The predicted octanol–water partition coefficient (Wildman–Crippen LogP) is 1.82. The second kappa shape index (κ2) is 6.74. The number of rotatable bonds is 6. The van der Waals surface area contributed by atoms with Gasteiger partial charge in [0.2, 0.25) is 5.91 Å². The van der Waals surface area contributed by atoms with Gasteiger partial charge in [0.15, 0.2) is 5.76 Å². The second-order valence-corrected chi connectivity index (χ2v) is 6.51. The summed E-state index contributed by atoms with van der Waals surface area (Å²) in [5.74, 6) is 0.358. The van der Waals surface area contributed by atoms with E-state index in [9.17, 15) is 9.59 Å². The summed E-state index contributed by atoms with van der Waals surface area (Å²) >= 11 is 0. The van der Waals surface area contributed by atoms with Gasteiger partial charge in [-0.3, -0.25) is 9.59 Å². The van der Waals surface area contributed by atoms with E-state index < -0.39 is 0 Å². The van der Waals surface area contributed by atoms with Gasteiger partial charge >= 0.3 is 0 Å². The monoisotopic (exact) mass is 320 g/mol. The Kier molecular flexibility index (Phi) is 4.71. The Labute approximate surface area is 136 Å². The van der Waals surface area contributed by atoms with Crippen LogP contribution in [0.4, 0.5) is 0 Å². The van der Waals surface area contributed by atoms with E-state index in [4.69, 9.17) is 9.15 Å². The lowest BCUT2D eigenvalue weighted by Gasteiger charge is -2.46. The van der Waals surface area contributed by atoms with Crippen LogP contribution < -0.4 is 5.32 Å². The van der Waals surface area contributed by atoms with Crippen molar-refractivity contribution in [2.75, 3.05) is 26.8 Å². The van der Waals surface area contributed by atoms with Crippen LogP contribution in [-0.4, -0.2) is 49.6 Å². The Balaban J connectivity index is 1.68. The van der Waals surface area contributed by atoms with E-state index in [-0.39, 0.29) is 23.3 Å². The second-order valence-electron chi connectivity index (χ2n) is 6.51. The quantitative estimate of drug-likeness (QED) is 0.868. The molecule has 0 bridgehead atoms. The van der Waals surface area contributed by atoms with Crippen molar-refractivity contribution in [2.45, 2.75) is 38.1 Å². The predicted molar refractivity (Wildman–Crippen MR) is 83.9 cm³/mol. The molecule has 1 N–H and O–H groups in total. The van der Waals surface area contributed by atoms with Gasteiger partial charge in [0, 0.05) is 38.1 Å². The van der Waals surface area contributed by atoms with E-state index >= 15 is 0 Å². The van der Waals surface area contributed by atoms with Gasteiger partial charge in [-0.2, -0.15) is 0 Å². The smallest absolute Gasteiger partial charge is 0.286 e. The van der Waals surface area contributed by atoms with Gasteiger partial charge in [0.05, 0.1) is 12.9 Å². The van der Waals surface area contributed by atoms with Crippen molar-refractivity contribution in [3.05, 3.63) is 24.2 Å². The number of nitrogens with zero attached hydrogens (tertiary/aromatic N) is 1. The van der Waals surface area contributed by atoms with Gasteiger partial charge in [-0.15, -0.1) is 0 Å². The number of amides is 2. The average Bonchev–Trinajstić information content (AvgIpc) is 3.22. The summed E-state index contributed by atoms with van der Waals surface area (Å²) in [5, 5.41) is 3.01. The fourth-order valence-electron chi connectivity index (χ4n) is 4.09. The largest absolute Gasteiger partial charge is 0.459 e. The zero-order valence-electron chi connectivity index (χ0n) is 13.5. The third kappa shape index (κ3) is 3.13. The summed E-state index contributed by atoms with van der Waals surface area (Å²) in [6, 6.07) is 3.57. The van der Waals surface area contributed by atoms with Crippen molar-refractivity contribution in [3.63, 3.8) is 0 Å². The van der Waals surface area contributed by atoms with Crippen molar-refractivity contribution < 1.29 is 18.7 Å². The molecule has 1 saturated heterocycles. The lowest BCUT2D eigenvalue weighted by molar-refractivity contribution is -0.142. The van der Waals surface area contributed by atoms with Crippen molar-refractivity contribution in [3.8, 4) is 0 Å². The molecule has 6 nitrogen and oxygen atoms in total. The summed E-state index contributed by atoms with van der Waals surface area (Å²) in [5.41, 5.74) is -0.0100. The molecule has 2 amide bonds. The van der Waals surface area contributed by atoms with Crippen LogP contribution in [0.2, 0.25) is 0 Å². The van der Waals surface area contributed by atoms with Gasteiger partial charge in [0.25, 0.3) is 5.91 Å². The first-order valence-electron chi connectivity index (χ1n) is 8.26. The Bertz CT molecular complexity index is 557. The highest BCUT2D eigenvalue weighted by Crippen LogP contribution is 2.47. The Hall–Kier alpha value is -1.82. The number of furan rings is 1. The average molecular weight is 320 g/mol. The van der Waals surface area contributed by atoms with Crippen LogP contribution >= 0.6 is 0 Å². The molecular formula is C17H24N2O4. The molecule has 2 heterocycles. The van der Waals surface area contributed by atoms with Crippen molar-refractivity contribution in [1.82, 2.24) is 10.2 Å². The van der Waals surface area contributed by atoms with Crippen LogP contribution in [0.5, 0.6) is 0 Å². The van der Waals surface area contributed by atoms with Crippen LogP contribution in [0.25, 0.3) is 0 Å². The van der Waals surface area contributed by atoms with E-state index in [1.807, 2.05) is 4.90 Å². The number of ether oxygens (including phenoxy) is 1. The number of fused-ring (bicyclic) bond motifs is 1. The van der Waals surface area contributed by atoms with Crippen molar-refractivity contribution in [1.29, 1.82) is 0 Å².